The first kappa shape index (κ1) is 17.0. The second-order valence-electron chi connectivity index (χ2n) is 5.12. The van der Waals surface area contributed by atoms with Crippen LogP contribution in [0.4, 0.5) is 5.13 Å². The Morgan fingerprint density at radius 3 is 2.50 bits per heavy atom. The van der Waals surface area contributed by atoms with Crippen LogP contribution in [0.2, 0.25) is 0 Å². The first-order valence-corrected chi connectivity index (χ1v) is 9.94. The molecule has 0 fully saturated rings. The number of thiophene rings is 1. The van der Waals surface area contributed by atoms with Gasteiger partial charge in [0.2, 0.25) is 5.91 Å². The predicted octanol–water partition coefficient (Wildman–Crippen LogP) is 6.14. The van der Waals surface area contributed by atoms with E-state index in [0.717, 1.165) is 13.5 Å². The van der Waals surface area contributed by atoms with Crippen molar-refractivity contribution in [2.24, 2.45) is 0 Å². The Kier molecular flexibility index (Phi) is 4.87. The molecule has 1 amide bonds. The van der Waals surface area contributed by atoms with Crippen LogP contribution in [0, 0.1) is 0 Å². The van der Waals surface area contributed by atoms with E-state index in [1.165, 1.54) is 17.4 Å². The lowest BCUT2D eigenvalue weighted by atomic mass is 10.2. The lowest BCUT2D eigenvalue weighted by Gasteiger charge is -1.95. The zero-order chi connectivity index (χ0) is 17.9. The van der Waals surface area contributed by atoms with Gasteiger partial charge >= 0.3 is 0 Å². The molecule has 0 unspecified atom stereocenters. The molecule has 0 saturated heterocycles. The highest BCUT2D eigenvalue weighted by Gasteiger charge is 2.19. The van der Waals surface area contributed by atoms with Crippen molar-refractivity contribution in [3.05, 3.63) is 63.7 Å². The van der Waals surface area contributed by atoms with Crippen molar-refractivity contribution in [2.75, 3.05) is 5.32 Å². The van der Waals surface area contributed by atoms with Crippen LogP contribution in [0.5, 0.6) is 0 Å². The summed E-state index contributed by atoms with van der Waals surface area (Å²) in [6.07, 6.45) is 6.43. The number of hydrogen-bond acceptors (Lipinski definition) is 6. The van der Waals surface area contributed by atoms with Crippen molar-refractivity contribution in [2.45, 2.75) is 0 Å². The van der Waals surface area contributed by atoms with E-state index in [4.69, 9.17) is 8.83 Å². The van der Waals surface area contributed by atoms with Gasteiger partial charge in [-0.1, -0.05) is 11.3 Å². The molecular formula is C18H11BrN2O3S2. The van der Waals surface area contributed by atoms with Gasteiger partial charge in [-0.15, -0.1) is 11.3 Å². The van der Waals surface area contributed by atoms with Crippen LogP contribution in [0.3, 0.4) is 0 Å². The molecule has 0 saturated carbocycles. The molecule has 0 spiro atoms. The summed E-state index contributed by atoms with van der Waals surface area (Å²) in [4.78, 5) is 18.5. The lowest BCUT2D eigenvalue weighted by molar-refractivity contribution is -0.111. The third-order valence-corrected chi connectivity index (χ3v) is 5.92. The topological polar surface area (TPSA) is 68.3 Å². The van der Waals surface area contributed by atoms with E-state index >= 15 is 0 Å². The first-order chi connectivity index (χ1) is 12.7. The molecule has 0 aliphatic heterocycles. The first-order valence-electron chi connectivity index (χ1n) is 7.52. The molecule has 4 rings (SSSR count). The van der Waals surface area contributed by atoms with E-state index in [1.807, 2.05) is 24.3 Å². The molecule has 0 aliphatic carbocycles. The van der Waals surface area contributed by atoms with Gasteiger partial charge in [0.15, 0.2) is 10.9 Å². The quantitative estimate of drug-likeness (QED) is 0.373. The highest BCUT2D eigenvalue weighted by Crippen LogP contribution is 2.39. The van der Waals surface area contributed by atoms with Crippen LogP contribution >= 0.6 is 38.6 Å². The molecule has 0 atom stereocenters. The average molecular weight is 447 g/mol. The smallest absolute Gasteiger partial charge is 0.250 e. The molecule has 0 aliphatic rings. The number of carbonyl (C=O) groups excluding carboxylic acids is 1. The third-order valence-electron chi connectivity index (χ3n) is 3.35. The summed E-state index contributed by atoms with van der Waals surface area (Å²) in [5.74, 6) is 1.04. The summed E-state index contributed by atoms with van der Waals surface area (Å²) in [6, 6.07) is 11.1. The second kappa shape index (κ2) is 7.45. The van der Waals surface area contributed by atoms with Crippen LogP contribution in [-0.4, -0.2) is 10.9 Å². The number of amides is 1. The van der Waals surface area contributed by atoms with Gasteiger partial charge in [0.25, 0.3) is 0 Å². The molecule has 130 valence electrons. The summed E-state index contributed by atoms with van der Waals surface area (Å²) >= 11 is 6.28. The van der Waals surface area contributed by atoms with Crippen molar-refractivity contribution in [3.8, 4) is 22.1 Å². The number of carbonyl (C=O) groups is 1. The molecule has 8 heteroatoms. The highest BCUT2D eigenvalue weighted by molar-refractivity contribution is 9.11. The van der Waals surface area contributed by atoms with E-state index in [1.54, 1.807) is 42.1 Å². The van der Waals surface area contributed by atoms with E-state index in [-0.39, 0.29) is 5.91 Å². The zero-order valence-corrected chi connectivity index (χ0v) is 16.4. The number of furan rings is 2. The molecular weight excluding hydrogens is 436 g/mol. The maximum atomic E-state index is 12.2. The molecule has 4 heterocycles. The van der Waals surface area contributed by atoms with E-state index < -0.39 is 0 Å². The molecule has 0 radical (unpaired) electrons. The van der Waals surface area contributed by atoms with Crippen LogP contribution in [0.1, 0.15) is 4.88 Å². The number of thiazole rings is 1. The number of aromatic nitrogens is 1. The number of hydrogen-bond donors (Lipinski definition) is 1. The number of nitrogens with one attached hydrogen (secondary N) is 1. The van der Waals surface area contributed by atoms with Crippen molar-refractivity contribution < 1.29 is 13.6 Å². The largest absolute Gasteiger partial charge is 0.463 e. The van der Waals surface area contributed by atoms with Crippen molar-refractivity contribution in [1.29, 1.82) is 0 Å². The van der Waals surface area contributed by atoms with E-state index in [9.17, 15) is 4.79 Å². The van der Waals surface area contributed by atoms with Gasteiger partial charge in [-0.2, -0.15) is 0 Å². The molecule has 4 aromatic heterocycles. The highest BCUT2D eigenvalue weighted by atomic mass is 79.9. The Labute approximate surface area is 165 Å². The van der Waals surface area contributed by atoms with Crippen molar-refractivity contribution in [1.82, 2.24) is 4.98 Å². The zero-order valence-electron chi connectivity index (χ0n) is 13.1. The predicted molar refractivity (Wildman–Crippen MR) is 107 cm³/mol. The molecule has 0 aromatic carbocycles. The Bertz CT molecular complexity index is 995. The van der Waals surface area contributed by atoms with Crippen molar-refractivity contribution in [3.63, 3.8) is 0 Å². The maximum absolute atomic E-state index is 12.2. The second-order valence-corrected chi connectivity index (χ2v) is 8.61. The Morgan fingerprint density at radius 2 is 1.85 bits per heavy atom. The normalized spacial score (nSPS) is 11.3. The minimum atomic E-state index is -0.250. The SMILES string of the molecule is O=C(/C=C/c1ccc(Br)s1)Nc1nc(-c2ccco2)c(-c2ccco2)s1. The maximum Gasteiger partial charge on any atom is 0.250 e. The fourth-order valence-corrected chi connectivity index (χ4v) is 4.52. The van der Waals surface area contributed by atoms with Gasteiger partial charge in [-0.05, 0) is 58.4 Å². The molecule has 4 aromatic rings. The lowest BCUT2D eigenvalue weighted by Crippen LogP contribution is -2.07. The van der Waals surface area contributed by atoms with Crippen LogP contribution in [0.25, 0.3) is 28.2 Å². The summed E-state index contributed by atoms with van der Waals surface area (Å²) in [5, 5.41) is 3.27. The molecule has 1 N–H and O–H groups in total. The minimum Gasteiger partial charge on any atom is -0.463 e. The summed E-state index contributed by atoms with van der Waals surface area (Å²) in [5.41, 5.74) is 0.636. The van der Waals surface area contributed by atoms with E-state index in [2.05, 4.69) is 26.2 Å². The van der Waals surface area contributed by atoms with Gasteiger partial charge in [0.1, 0.15) is 16.3 Å². The number of nitrogens with zero attached hydrogens (tertiary/aromatic N) is 1. The van der Waals surface area contributed by atoms with Gasteiger partial charge in [-0.3, -0.25) is 10.1 Å². The number of rotatable bonds is 5. The number of halogens is 1. The Hall–Kier alpha value is -2.42. The van der Waals surface area contributed by atoms with Gasteiger partial charge in [0, 0.05) is 11.0 Å². The summed E-state index contributed by atoms with van der Waals surface area (Å²) < 4.78 is 12.0. The summed E-state index contributed by atoms with van der Waals surface area (Å²) in [6.45, 7) is 0. The van der Waals surface area contributed by atoms with Crippen LogP contribution in [-0.2, 0) is 4.79 Å². The summed E-state index contributed by atoms with van der Waals surface area (Å²) in [7, 11) is 0. The fourth-order valence-electron chi connectivity index (χ4n) is 2.25. The van der Waals surface area contributed by atoms with E-state index in [0.29, 0.717) is 22.3 Å². The van der Waals surface area contributed by atoms with Gasteiger partial charge in [-0.25, -0.2) is 4.98 Å². The monoisotopic (exact) mass is 446 g/mol. The standard InChI is InChI=1S/C18H11BrN2O3S2/c19-14-7-5-11(25-14)6-8-15(22)20-18-21-16(12-3-1-9-23-12)17(26-18)13-4-2-10-24-13/h1-10H,(H,20,21,22)/b8-6+. The molecule has 26 heavy (non-hydrogen) atoms. The Balaban J connectivity index is 1.58. The van der Waals surface area contributed by atoms with Crippen LogP contribution in [0.15, 0.2) is 67.6 Å². The fraction of sp³-hybridized carbons (Fsp3) is 0. The average Bonchev–Trinajstić information content (AvgIpc) is 3.39. The van der Waals surface area contributed by atoms with Gasteiger partial charge in [0.05, 0.1) is 16.3 Å². The molecule has 5 nitrogen and oxygen atoms in total. The third kappa shape index (κ3) is 3.72. The molecule has 0 bridgehead atoms. The van der Waals surface area contributed by atoms with Crippen molar-refractivity contribution >= 4 is 55.7 Å². The Morgan fingerprint density at radius 1 is 1.08 bits per heavy atom. The van der Waals surface area contributed by atoms with Crippen LogP contribution < -0.4 is 5.32 Å². The van der Waals surface area contributed by atoms with Gasteiger partial charge < -0.3 is 8.83 Å². The number of anilines is 1. The minimum absolute atomic E-state index is 0.250.